The van der Waals surface area contributed by atoms with Crippen LogP contribution in [-0.4, -0.2) is 30.2 Å². The fourth-order valence-electron chi connectivity index (χ4n) is 4.23. The molecule has 0 bridgehead atoms. The van der Waals surface area contributed by atoms with E-state index in [2.05, 4.69) is 20.0 Å². The summed E-state index contributed by atoms with van der Waals surface area (Å²) >= 11 is 0. The van der Waals surface area contributed by atoms with Gasteiger partial charge in [0.05, 0.1) is 0 Å². The number of carbonyl (C=O) groups is 1. The number of rotatable bonds is 3. The van der Waals surface area contributed by atoms with E-state index in [9.17, 15) is 4.79 Å². The van der Waals surface area contributed by atoms with Gasteiger partial charge in [0.15, 0.2) is 0 Å². The van der Waals surface area contributed by atoms with Crippen LogP contribution in [0.1, 0.15) is 61.8 Å². The van der Waals surface area contributed by atoms with E-state index in [0.717, 1.165) is 19.4 Å². The average Bonchev–Trinajstić information content (AvgIpc) is 3.18. The zero-order valence-corrected chi connectivity index (χ0v) is 15.0. The van der Waals surface area contributed by atoms with E-state index in [1.54, 1.807) is 11.7 Å². The molecule has 3 heterocycles. The van der Waals surface area contributed by atoms with E-state index in [-0.39, 0.29) is 11.8 Å². The summed E-state index contributed by atoms with van der Waals surface area (Å²) < 4.78 is 3.98. The third kappa shape index (κ3) is 3.19. The van der Waals surface area contributed by atoms with Crippen molar-refractivity contribution in [2.24, 2.45) is 13.0 Å². The van der Waals surface area contributed by atoms with Crippen LogP contribution in [0.5, 0.6) is 0 Å². The second-order valence-electron chi connectivity index (χ2n) is 7.38. The maximum absolute atomic E-state index is 12.6. The van der Waals surface area contributed by atoms with E-state index < -0.39 is 0 Å². The predicted molar refractivity (Wildman–Crippen MR) is 94.2 cm³/mol. The zero-order chi connectivity index (χ0) is 17.4. The molecule has 7 nitrogen and oxygen atoms in total. The van der Waals surface area contributed by atoms with Crippen molar-refractivity contribution < 1.29 is 4.79 Å². The van der Waals surface area contributed by atoms with Crippen LogP contribution in [0.15, 0.2) is 6.20 Å². The topological polar surface area (TPSA) is 77.6 Å². The molecule has 1 amide bonds. The van der Waals surface area contributed by atoms with E-state index in [1.807, 2.05) is 13.1 Å². The molecule has 2 aromatic rings. The normalized spacial score (nSPS) is 21.1. The number of anilines is 1. The standard InChI is InChI=1S/C18H26N6O/c1-12-20-18(23(2)22-12)21-17(25)14-8-9-24-15(10-14)11-19-16(24)13-6-4-3-5-7-13/h11,13-14H,3-10H2,1-2H3,(H,20,21,22,25). The molecule has 134 valence electrons. The smallest absolute Gasteiger partial charge is 0.230 e. The van der Waals surface area contributed by atoms with Crippen molar-refractivity contribution in [1.29, 1.82) is 0 Å². The Labute approximate surface area is 147 Å². The van der Waals surface area contributed by atoms with Crippen molar-refractivity contribution in [1.82, 2.24) is 24.3 Å². The summed E-state index contributed by atoms with van der Waals surface area (Å²) in [5, 5.41) is 7.10. The van der Waals surface area contributed by atoms with Gasteiger partial charge in [0.1, 0.15) is 11.6 Å². The minimum atomic E-state index is -0.0274. The predicted octanol–water partition coefficient (Wildman–Crippen LogP) is 2.57. The molecule has 0 aromatic carbocycles. The van der Waals surface area contributed by atoms with Crippen LogP contribution >= 0.6 is 0 Å². The lowest BCUT2D eigenvalue weighted by Crippen LogP contribution is -2.31. The van der Waals surface area contributed by atoms with Crippen molar-refractivity contribution >= 4 is 11.9 Å². The Morgan fingerprint density at radius 1 is 1.24 bits per heavy atom. The Kier molecular flexibility index (Phi) is 4.31. The fourth-order valence-corrected chi connectivity index (χ4v) is 4.23. The highest BCUT2D eigenvalue weighted by Crippen LogP contribution is 2.34. The summed E-state index contributed by atoms with van der Waals surface area (Å²) in [5.41, 5.74) is 1.20. The van der Waals surface area contributed by atoms with Gasteiger partial charge in [-0.15, -0.1) is 0 Å². The second-order valence-corrected chi connectivity index (χ2v) is 7.38. The molecule has 0 radical (unpaired) electrons. The molecule has 7 heteroatoms. The fraction of sp³-hybridized carbons (Fsp3) is 0.667. The maximum atomic E-state index is 12.6. The van der Waals surface area contributed by atoms with Gasteiger partial charge >= 0.3 is 0 Å². The molecule has 1 saturated carbocycles. The van der Waals surface area contributed by atoms with Crippen molar-refractivity contribution in [2.75, 3.05) is 5.32 Å². The Hall–Kier alpha value is -2.18. The summed E-state index contributed by atoms with van der Waals surface area (Å²) in [7, 11) is 1.79. The lowest BCUT2D eigenvalue weighted by molar-refractivity contribution is -0.120. The number of nitrogens with one attached hydrogen (secondary N) is 1. The van der Waals surface area contributed by atoms with Crippen LogP contribution in [0.25, 0.3) is 0 Å². The Bertz CT molecular complexity index is 771. The Morgan fingerprint density at radius 3 is 2.76 bits per heavy atom. The third-order valence-electron chi connectivity index (χ3n) is 5.57. The van der Waals surface area contributed by atoms with Crippen LogP contribution in [-0.2, 0) is 24.8 Å². The third-order valence-corrected chi connectivity index (χ3v) is 5.57. The molecule has 0 spiro atoms. The summed E-state index contributed by atoms with van der Waals surface area (Å²) in [6, 6.07) is 0. The molecule has 1 N–H and O–H groups in total. The van der Waals surface area contributed by atoms with Gasteiger partial charge in [-0.3, -0.25) is 10.1 Å². The first-order valence-electron chi connectivity index (χ1n) is 9.34. The van der Waals surface area contributed by atoms with E-state index in [4.69, 9.17) is 4.98 Å². The van der Waals surface area contributed by atoms with Gasteiger partial charge in [0.25, 0.3) is 0 Å². The Balaban J connectivity index is 1.45. The van der Waals surface area contributed by atoms with Crippen LogP contribution in [0.4, 0.5) is 5.95 Å². The molecule has 1 aliphatic carbocycles. The van der Waals surface area contributed by atoms with Gasteiger partial charge in [-0.1, -0.05) is 19.3 Å². The van der Waals surface area contributed by atoms with Gasteiger partial charge in [-0.05, 0) is 26.2 Å². The average molecular weight is 342 g/mol. The SMILES string of the molecule is Cc1nc(NC(=O)C2CCn3c(cnc3C3CCCCC3)C2)n(C)n1. The van der Waals surface area contributed by atoms with Gasteiger partial charge in [0.2, 0.25) is 11.9 Å². The number of fused-ring (bicyclic) bond motifs is 1. The van der Waals surface area contributed by atoms with Crippen LogP contribution in [0.2, 0.25) is 0 Å². The zero-order valence-electron chi connectivity index (χ0n) is 15.0. The van der Waals surface area contributed by atoms with Gasteiger partial charge in [-0.2, -0.15) is 10.1 Å². The molecule has 1 atom stereocenters. The molecular formula is C18H26N6O. The highest BCUT2D eigenvalue weighted by Gasteiger charge is 2.29. The highest BCUT2D eigenvalue weighted by atomic mass is 16.2. The van der Waals surface area contributed by atoms with E-state index in [0.29, 0.717) is 17.7 Å². The first-order chi connectivity index (χ1) is 12.1. The summed E-state index contributed by atoms with van der Waals surface area (Å²) in [6.07, 6.45) is 10.1. The van der Waals surface area contributed by atoms with Crippen LogP contribution in [0.3, 0.4) is 0 Å². The molecule has 4 rings (SSSR count). The minimum Gasteiger partial charge on any atom is -0.332 e. The van der Waals surface area contributed by atoms with Crippen LogP contribution in [0, 0.1) is 12.8 Å². The van der Waals surface area contributed by atoms with Crippen molar-refractivity contribution in [3.8, 4) is 0 Å². The number of hydrogen-bond acceptors (Lipinski definition) is 4. The van der Waals surface area contributed by atoms with Crippen molar-refractivity contribution in [3.05, 3.63) is 23.5 Å². The lowest BCUT2D eigenvalue weighted by atomic mass is 9.88. The molecule has 1 aliphatic heterocycles. The van der Waals surface area contributed by atoms with Gasteiger partial charge in [-0.25, -0.2) is 9.67 Å². The molecular weight excluding hydrogens is 316 g/mol. The molecule has 25 heavy (non-hydrogen) atoms. The number of amides is 1. The van der Waals surface area contributed by atoms with E-state index in [1.165, 1.54) is 43.6 Å². The largest absolute Gasteiger partial charge is 0.332 e. The number of aryl methyl sites for hydroxylation is 2. The number of carbonyl (C=O) groups excluding carboxylic acids is 1. The number of imidazole rings is 1. The number of aromatic nitrogens is 5. The van der Waals surface area contributed by atoms with E-state index >= 15 is 0 Å². The highest BCUT2D eigenvalue weighted by molar-refractivity contribution is 5.91. The molecule has 1 fully saturated rings. The summed E-state index contributed by atoms with van der Waals surface area (Å²) in [6.45, 7) is 2.71. The van der Waals surface area contributed by atoms with Gasteiger partial charge < -0.3 is 4.57 Å². The maximum Gasteiger partial charge on any atom is 0.230 e. The van der Waals surface area contributed by atoms with Crippen molar-refractivity contribution in [2.45, 2.75) is 64.3 Å². The summed E-state index contributed by atoms with van der Waals surface area (Å²) in [4.78, 5) is 21.6. The second kappa shape index (κ2) is 6.61. The van der Waals surface area contributed by atoms with Crippen molar-refractivity contribution in [3.63, 3.8) is 0 Å². The minimum absolute atomic E-state index is 0.0274. The first kappa shape index (κ1) is 16.3. The number of nitrogens with zero attached hydrogens (tertiary/aromatic N) is 5. The molecule has 2 aliphatic rings. The quantitative estimate of drug-likeness (QED) is 0.930. The summed E-state index contributed by atoms with van der Waals surface area (Å²) in [5.74, 6) is 3.04. The number of hydrogen-bond donors (Lipinski definition) is 1. The lowest BCUT2D eigenvalue weighted by Gasteiger charge is -2.27. The Morgan fingerprint density at radius 2 is 2.04 bits per heavy atom. The monoisotopic (exact) mass is 342 g/mol. The first-order valence-corrected chi connectivity index (χ1v) is 9.34. The molecule has 1 unspecified atom stereocenters. The molecule has 0 saturated heterocycles. The molecule has 2 aromatic heterocycles. The van der Waals surface area contributed by atoms with Gasteiger partial charge in [0, 0.05) is 43.7 Å². The van der Waals surface area contributed by atoms with Crippen LogP contribution < -0.4 is 5.32 Å².